The average molecular weight is 583 g/mol. The molecule has 163 valence electrons. The molecule has 0 saturated carbocycles. The van der Waals surface area contributed by atoms with Gasteiger partial charge in [0.1, 0.15) is 0 Å². The predicted octanol–water partition coefficient (Wildman–Crippen LogP) is 9.69. The number of unbranched alkanes of at least 4 members (excludes halogenated alkanes) is 1. The molecule has 29 heavy (non-hydrogen) atoms. The Labute approximate surface area is 194 Å². The summed E-state index contributed by atoms with van der Waals surface area (Å²) in [6, 6.07) is 6.47. The van der Waals surface area contributed by atoms with Crippen LogP contribution in [0.1, 0.15) is 98.1 Å². The Balaban J connectivity index is 0.000000481. The van der Waals surface area contributed by atoms with E-state index in [0.717, 1.165) is 12.8 Å². The zero-order chi connectivity index (χ0) is 22.7. The number of halogens is 1. The van der Waals surface area contributed by atoms with Crippen molar-refractivity contribution in [3.05, 3.63) is 71.4 Å². The van der Waals surface area contributed by atoms with Gasteiger partial charge >= 0.3 is 106 Å². The zero-order valence-electron chi connectivity index (χ0n) is 20.0. The Morgan fingerprint density at radius 3 is 1.38 bits per heavy atom. The van der Waals surface area contributed by atoms with Gasteiger partial charge in [0.2, 0.25) is 0 Å². The van der Waals surface area contributed by atoms with Gasteiger partial charge in [-0.2, -0.15) is 0 Å². The van der Waals surface area contributed by atoms with E-state index in [1.165, 1.54) is 45.0 Å². The maximum Gasteiger partial charge on any atom is 0.0226 e. The molecule has 2 rings (SSSR count). The molecule has 0 heterocycles. The Kier molecular flexibility index (Phi) is 14.3. The van der Waals surface area contributed by atoms with Crippen LogP contribution in [-0.4, -0.2) is 0 Å². The fourth-order valence-electron chi connectivity index (χ4n) is 3.07. The van der Waals surface area contributed by atoms with Crippen molar-refractivity contribution in [2.45, 2.75) is 87.0 Å². The Morgan fingerprint density at radius 2 is 1.17 bits per heavy atom. The minimum absolute atomic E-state index is 0.520. The number of rotatable bonds is 4. The van der Waals surface area contributed by atoms with Gasteiger partial charge in [-0.1, -0.05) is 18.1 Å². The summed E-state index contributed by atoms with van der Waals surface area (Å²) in [5.41, 5.74) is 9.72. The monoisotopic (exact) mass is 582 g/mol. The standard InChI is InChI=1S/C12H17N.C10H15.C4H8.ClH.Ta/c1-8(2)10-6-5-7-11(9(3)4)12(10)13;1-6-7(2)9(4)10(5)8(6)3;1-3-4-2;;/h5-9H,1-4H3;1-5H3;1-4H2;1H;/q;;-2;;+1/p-1. The summed E-state index contributed by atoms with van der Waals surface area (Å²) >= 11 is -1.13. The second-order valence-corrected chi connectivity index (χ2v) is 10.6. The third-order valence-corrected chi connectivity index (χ3v) is 7.15. The molecule has 0 fully saturated rings. The van der Waals surface area contributed by atoms with E-state index in [1.807, 2.05) is 0 Å². The maximum absolute atomic E-state index is 5.90. The molecule has 0 spiro atoms. The first-order valence-electron chi connectivity index (χ1n) is 10.5. The van der Waals surface area contributed by atoms with Crippen LogP contribution in [0.5, 0.6) is 0 Å². The molecule has 0 aromatic heterocycles. The number of nitrogens with zero attached hydrogens (tertiary/aromatic N) is 1. The molecule has 0 atom stereocenters. The molecule has 0 N–H and O–H groups in total. The van der Waals surface area contributed by atoms with E-state index >= 15 is 0 Å². The number of allylic oxidation sites excluding steroid dienone is 4. The van der Waals surface area contributed by atoms with Crippen LogP contribution in [0.25, 0.3) is 0 Å². The number of hydrogen-bond donors (Lipinski definition) is 0. The van der Waals surface area contributed by atoms with Crippen LogP contribution in [-0.2, 0) is 18.5 Å². The van der Waals surface area contributed by atoms with E-state index in [9.17, 15) is 0 Å². The molecule has 3 heteroatoms. The minimum atomic E-state index is -1.13. The van der Waals surface area contributed by atoms with Crippen molar-refractivity contribution >= 4 is 14.9 Å². The van der Waals surface area contributed by atoms with Gasteiger partial charge in [0, 0.05) is 5.92 Å². The molecule has 1 nitrogen and oxygen atoms in total. The molecule has 0 aliphatic heterocycles. The van der Waals surface area contributed by atoms with Gasteiger partial charge in [-0.05, 0) is 38.8 Å². The van der Waals surface area contributed by atoms with E-state index in [-0.39, 0.29) is 0 Å². The first kappa shape index (κ1) is 28.5. The predicted molar refractivity (Wildman–Crippen MR) is 128 cm³/mol. The molecule has 0 unspecified atom stereocenters. The number of hydrogen-bond acceptors (Lipinski definition) is 1. The smallest absolute Gasteiger partial charge is 0.0226 e. The van der Waals surface area contributed by atoms with Crippen LogP contribution >= 0.6 is 9.19 Å². The van der Waals surface area contributed by atoms with Crippen LogP contribution in [0.2, 0.25) is 0 Å². The third kappa shape index (κ3) is 8.66. The fraction of sp³-hybridized carbons (Fsp3) is 0.500. The molecule has 0 bridgehead atoms. The van der Waals surface area contributed by atoms with Gasteiger partial charge in [0.15, 0.2) is 0 Å². The summed E-state index contributed by atoms with van der Waals surface area (Å²) in [5, 5.41) is 0. The second-order valence-electron chi connectivity index (χ2n) is 8.10. The summed E-state index contributed by atoms with van der Waals surface area (Å²) in [6.07, 6.45) is 1.92. The summed E-state index contributed by atoms with van der Waals surface area (Å²) in [5.74, 6) is 2.51. The van der Waals surface area contributed by atoms with Gasteiger partial charge in [-0.25, -0.2) is 12.8 Å². The summed E-state index contributed by atoms with van der Waals surface area (Å²) in [7, 11) is 5.90. The van der Waals surface area contributed by atoms with Crippen LogP contribution < -0.4 is 0 Å². The molecule has 1 radical (unpaired) electrons. The van der Waals surface area contributed by atoms with E-state index in [4.69, 9.17) is 9.19 Å². The summed E-state index contributed by atoms with van der Waals surface area (Å²) in [4.78, 5) is 0. The van der Waals surface area contributed by atoms with Crippen LogP contribution in [0.3, 0.4) is 0 Å². The van der Waals surface area contributed by atoms with Gasteiger partial charge < -0.3 is 13.8 Å². The van der Waals surface area contributed by atoms with E-state index in [1.54, 1.807) is 0 Å². The Hall–Kier alpha value is -0.470. The quantitative estimate of drug-likeness (QED) is 0.313. The number of benzene rings is 1. The summed E-state index contributed by atoms with van der Waals surface area (Å²) in [6.45, 7) is 26.9. The second kappa shape index (κ2) is 14.5. The summed E-state index contributed by atoms with van der Waals surface area (Å²) < 4.78 is 4.60. The van der Waals surface area contributed by atoms with Crippen molar-refractivity contribution in [3.8, 4) is 0 Å². The molecule has 1 aromatic carbocycles. The van der Waals surface area contributed by atoms with Crippen LogP contribution in [0, 0.1) is 19.8 Å². The third-order valence-electron chi connectivity index (χ3n) is 5.54. The van der Waals surface area contributed by atoms with Crippen LogP contribution in [0.4, 0.5) is 5.69 Å². The largest absolute Gasteiger partial charge is 0.346 e. The molecular weight excluding hydrogens is 543 g/mol. The first-order valence-corrected chi connectivity index (χ1v) is 15.9. The fourth-order valence-corrected chi connectivity index (χ4v) is 4.79. The van der Waals surface area contributed by atoms with E-state index in [0.29, 0.717) is 11.8 Å². The normalized spacial score (nSPS) is 14.6. The minimum Gasteiger partial charge on any atom is -0.346 e. The molecule has 0 amide bonds. The van der Waals surface area contributed by atoms with E-state index in [2.05, 4.69) is 97.7 Å². The van der Waals surface area contributed by atoms with Crippen molar-refractivity contribution in [2.24, 2.45) is 3.34 Å². The van der Waals surface area contributed by atoms with E-state index < -0.39 is 18.5 Å². The average Bonchev–Trinajstić information content (AvgIpc) is 2.86. The molecular formula is C26H40ClNTa-2. The van der Waals surface area contributed by atoms with Gasteiger partial charge in [-0.15, -0.1) is 0 Å². The topological polar surface area (TPSA) is 12.4 Å². The Morgan fingerprint density at radius 1 is 0.793 bits per heavy atom. The maximum atomic E-state index is 5.90. The van der Waals surface area contributed by atoms with Crippen LogP contribution in [0.15, 0.2) is 43.8 Å². The molecule has 1 aromatic rings. The van der Waals surface area contributed by atoms with Crippen molar-refractivity contribution < 1.29 is 18.5 Å². The van der Waals surface area contributed by atoms with Crippen molar-refractivity contribution in [2.75, 3.05) is 0 Å². The molecule has 1 aliphatic carbocycles. The van der Waals surface area contributed by atoms with Gasteiger partial charge in [-0.3, -0.25) is 0 Å². The van der Waals surface area contributed by atoms with Gasteiger partial charge in [0.25, 0.3) is 0 Å². The molecule has 1 aliphatic rings. The van der Waals surface area contributed by atoms with Crippen molar-refractivity contribution in [1.82, 2.24) is 0 Å². The zero-order valence-corrected chi connectivity index (χ0v) is 24.0. The Bertz CT molecular complexity index is 674. The first-order chi connectivity index (χ1) is 13.5. The van der Waals surface area contributed by atoms with Crippen molar-refractivity contribution in [3.63, 3.8) is 0 Å². The van der Waals surface area contributed by atoms with Gasteiger partial charge in [0.05, 0.1) is 0 Å². The van der Waals surface area contributed by atoms with Crippen molar-refractivity contribution in [1.29, 1.82) is 0 Å². The molecule has 0 saturated heterocycles. The SMILES string of the molecule is CC(C)c1cccc(C(C)C)c1[N]=[Ta][Cl].C[C]1C(C)=C(C)C(C)=C1C.[CH2-]CC[CH2-].